The molecule has 0 amide bonds. The van der Waals surface area contributed by atoms with Crippen molar-refractivity contribution in [2.45, 2.75) is 6.54 Å². The Bertz CT molecular complexity index is 536. The molecule has 5 heteroatoms. The van der Waals surface area contributed by atoms with Gasteiger partial charge in [0.15, 0.2) is 0 Å². The largest absolute Gasteiger partial charge is 0.335 e. The third kappa shape index (κ3) is 2.54. The van der Waals surface area contributed by atoms with Crippen LogP contribution in [-0.2, 0) is 6.54 Å². The minimum absolute atomic E-state index is 0.175. The lowest BCUT2D eigenvalue weighted by Gasteiger charge is -2.00. The molecule has 2 aromatic rings. The van der Waals surface area contributed by atoms with Crippen LogP contribution in [0.25, 0.3) is 0 Å². The molecule has 88 valence electrons. The highest BCUT2D eigenvalue weighted by Gasteiger charge is 2.14. The number of carbonyl (C=O) groups excluding carboxylic acids is 1. The number of halogens is 1. The molecule has 0 spiro atoms. The summed E-state index contributed by atoms with van der Waals surface area (Å²) in [5.41, 5.74) is 6.27. The van der Waals surface area contributed by atoms with Crippen LogP contribution in [0.3, 0.4) is 0 Å². The molecule has 2 rings (SSSR count). The highest BCUT2D eigenvalue weighted by molar-refractivity contribution is 6.34. The predicted molar refractivity (Wildman–Crippen MR) is 66.2 cm³/mol. The maximum absolute atomic E-state index is 12.1. The molecular formula is C12H12ClN3O. The molecule has 0 aliphatic heterocycles. The molecule has 0 bridgehead atoms. The van der Waals surface area contributed by atoms with Crippen LogP contribution in [0.2, 0.25) is 5.02 Å². The minimum Gasteiger partial charge on any atom is -0.335 e. The first kappa shape index (κ1) is 11.8. The maximum Gasteiger partial charge on any atom is 0.214 e. The molecule has 0 unspecified atom stereocenters. The minimum atomic E-state index is -0.175. The van der Waals surface area contributed by atoms with Crippen molar-refractivity contribution < 1.29 is 4.79 Å². The van der Waals surface area contributed by atoms with E-state index in [-0.39, 0.29) is 5.78 Å². The first-order valence-corrected chi connectivity index (χ1v) is 5.61. The fourth-order valence-electron chi connectivity index (χ4n) is 1.53. The van der Waals surface area contributed by atoms with Crippen LogP contribution in [0.1, 0.15) is 16.1 Å². The van der Waals surface area contributed by atoms with Gasteiger partial charge in [0.1, 0.15) is 5.69 Å². The average molecular weight is 250 g/mol. The van der Waals surface area contributed by atoms with Crippen molar-refractivity contribution in [3.63, 3.8) is 0 Å². The summed E-state index contributed by atoms with van der Waals surface area (Å²) in [6, 6.07) is 6.93. The number of nitrogens with zero attached hydrogens (tertiary/aromatic N) is 2. The normalized spacial score (nSPS) is 10.5. The van der Waals surface area contributed by atoms with Crippen LogP contribution in [-0.4, -0.2) is 21.9 Å². The van der Waals surface area contributed by atoms with Gasteiger partial charge in [-0.3, -0.25) is 4.79 Å². The molecule has 0 aliphatic carbocycles. The lowest BCUT2D eigenvalue weighted by Crippen LogP contribution is -2.08. The van der Waals surface area contributed by atoms with Crippen molar-refractivity contribution in [2.24, 2.45) is 5.73 Å². The number of hydrogen-bond acceptors (Lipinski definition) is 3. The van der Waals surface area contributed by atoms with E-state index in [2.05, 4.69) is 4.98 Å². The molecule has 2 N–H and O–H groups in total. The van der Waals surface area contributed by atoms with Gasteiger partial charge in [-0.2, -0.15) is 0 Å². The maximum atomic E-state index is 12.1. The highest BCUT2D eigenvalue weighted by Crippen LogP contribution is 2.18. The highest BCUT2D eigenvalue weighted by atomic mass is 35.5. The molecule has 0 aliphatic rings. The van der Waals surface area contributed by atoms with Gasteiger partial charge < -0.3 is 10.3 Å². The zero-order valence-corrected chi connectivity index (χ0v) is 9.89. The summed E-state index contributed by atoms with van der Waals surface area (Å²) in [5.74, 6) is -0.175. The van der Waals surface area contributed by atoms with Gasteiger partial charge in [0, 0.05) is 24.8 Å². The van der Waals surface area contributed by atoms with Crippen LogP contribution in [0.4, 0.5) is 0 Å². The number of aromatic nitrogens is 2. The monoisotopic (exact) mass is 249 g/mol. The Morgan fingerprint density at radius 3 is 2.88 bits per heavy atom. The van der Waals surface area contributed by atoms with Crippen molar-refractivity contribution in [1.29, 1.82) is 0 Å². The SMILES string of the molecule is NCCn1cnc(C(=O)c2ccccc2Cl)c1. The second-order valence-electron chi connectivity index (χ2n) is 3.59. The Kier molecular flexibility index (Phi) is 3.56. The molecule has 4 nitrogen and oxygen atoms in total. The van der Waals surface area contributed by atoms with E-state index in [1.54, 1.807) is 41.4 Å². The van der Waals surface area contributed by atoms with Gasteiger partial charge in [-0.25, -0.2) is 4.98 Å². The summed E-state index contributed by atoms with van der Waals surface area (Å²) in [4.78, 5) is 16.1. The number of ketones is 1. The van der Waals surface area contributed by atoms with Crippen LogP contribution in [0.15, 0.2) is 36.8 Å². The van der Waals surface area contributed by atoms with Crippen molar-refractivity contribution >= 4 is 17.4 Å². The quantitative estimate of drug-likeness (QED) is 0.840. The number of carbonyl (C=O) groups is 1. The average Bonchev–Trinajstić information content (AvgIpc) is 2.78. The summed E-state index contributed by atoms with van der Waals surface area (Å²) in [5, 5.41) is 0.436. The summed E-state index contributed by atoms with van der Waals surface area (Å²) in [6.45, 7) is 1.15. The van der Waals surface area contributed by atoms with E-state index in [0.29, 0.717) is 29.4 Å². The van der Waals surface area contributed by atoms with E-state index < -0.39 is 0 Å². The number of rotatable bonds is 4. The van der Waals surface area contributed by atoms with E-state index in [1.807, 2.05) is 0 Å². The lowest BCUT2D eigenvalue weighted by molar-refractivity contribution is 0.103. The first-order chi connectivity index (χ1) is 8.22. The fourth-order valence-corrected chi connectivity index (χ4v) is 1.75. The van der Waals surface area contributed by atoms with Crippen molar-refractivity contribution in [2.75, 3.05) is 6.54 Å². The van der Waals surface area contributed by atoms with Gasteiger partial charge in [0.05, 0.1) is 11.3 Å². The second kappa shape index (κ2) is 5.12. The van der Waals surface area contributed by atoms with Gasteiger partial charge >= 0.3 is 0 Å². The van der Waals surface area contributed by atoms with E-state index in [0.717, 1.165) is 0 Å². The third-order valence-corrected chi connectivity index (χ3v) is 2.70. The number of hydrogen-bond donors (Lipinski definition) is 1. The molecule has 17 heavy (non-hydrogen) atoms. The van der Waals surface area contributed by atoms with E-state index in [1.165, 1.54) is 0 Å². The van der Waals surface area contributed by atoms with E-state index in [9.17, 15) is 4.79 Å². The standard InChI is InChI=1S/C12H12ClN3O/c13-10-4-2-1-3-9(10)12(17)11-7-16(6-5-14)8-15-11/h1-4,7-8H,5-6,14H2. The zero-order valence-electron chi connectivity index (χ0n) is 9.14. The summed E-state index contributed by atoms with van der Waals surface area (Å²) in [6.07, 6.45) is 3.27. The zero-order chi connectivity index (χ0) is 12.3. The Balaban J connectivity index is 2.28. The molecule has 0 fully saturated rings. The Hall–Kier alpha value is -1.65. The molecule has 1 aromatic carbocycles. The Morgan fingerprint density at radius 2 is 2.18 bits per heavy atom. The molecule has 0 saturated heterocycles. The summed E-state index contributed by atoms with van der Waals surface area (Å²) < 4.78 is 1.78. The lowest BCUT2D eigenvalue weighted by atomic mass is 10.1. The number of nitrogens with two attached hydrogens (primary N) is 1. The van der Waals surface area contributed by atoms with Crippen molar-refractivity contribution in [3.8, 4) is 0 Å². The van der Waals surface area contributed by atoms with Crippen molar-refractivity contribution in [3.05, 3.63) is 53.1 Å². The molecule has 0 atom stereocenters. The molecule has 1 heterocycles. The Morgan fingerprint density at radius 1 is 1.41 bits per heavy atom. The third-order valence-electron chi connectivity index (χ3n) is 2.37. The van der Waals surface area contributed by atoms with Gasteiger partial charge in [-0.1, -0.05) is 23.7 Å². The van der Waals surface area contributed by atoms with Gasteiger partial charge in [0.2, 0.25) is 5.78 Å². The van der Waals surface area contributed by atoms with Gasteiger partial charge in [-0.15, -0.1) is 0 Å². The van der Waals surface area contributed by atoms with Gasteiger partial charge in [-0.05, 0) is 12.1 Å². The van der Waals surface area contributed by atoms with E-state index in [4.69, 9.17) is 17.3 Å². The number of imidazole rings is 1. The molecule has 1 aromatic heterocycles. The second-order valence-corrected chi connectivity index (χ2v) is 4.00. The number of benzene rings is 1. The predicted octanol–water partition coefficient (Wildman–Crippen LogP) is 1.73. The molecule has 0 saturated carbocycles. The van der Waals surface area contributed by atoms with Crippen LogP contribution in [0.5, 0.6) is 0 Å². The summed E-state index contributed by atoms with van der Waals surface area (Å²) >= 11 is 5.96. The van der Waals surface area contributed by atoms with Crippen LogP contribution in [0, 0.1) is 0 Å². The molecular weight excluding hydrogens is 238 g/mol. The Labute approximate surface area is 104 Å². The fraction of sp³-hybridized carbons (Fsp3) is 0.167. The first-order valence-electron chi connectivity index (χ1n) is 5.23. The smallest absolute Gasteiger partial charge is 0.214 e. The van der Waals surface area contributed by atoms with Crippen LogP contribution >= 0.6 is 11.6 Å². The van der Waals surface area contributed by atoms with E-state index >= 15 is 0 Å². The summed E-state index contributed by atoms with van der Waals surface area (Å²) in [7, 11) is 0. The topological polar surface area (TPSA) is 60.9 Å². The molecule has 0 radical (unpaired) electrons. The van der Waals surface area contributed by atoms with Gasteiger partial charge in [0.25, 0.3) is 0 Å². The van der Waals surface area contributed by atoms with Crippen molar-refractivity contribution in [1.82, 2.24) is 9.55 Å². The van der Waals surface area contributed by atoms with Crippen LogP contribution < -0.4 is 5.73 Å².